The van der Waals surface area contributed by atoms with E-state index in [0.717, 1.165) is 25.0 Å². The number of hydrogen-bond donors (Lipinski definition) is 1. The molecule has 136 valence electrons. The minimum absolute atomic E-state index is 0.201. The molecule has 5 heteroatoms. The fraction of sp³-hybridized carbons (Fsp3) is 0.333. The third kappa shape index (κ3) is 4.11. The Morgan fingerprint density at radius 1 is 1.23 bits per heavy atom. The van der Waals surface area contributed by atoms with Crippen molar-refractivity contribution < 1.29 is 4.79 Å². The Hall–Kier alpha value is -2.66. The van der Waals surface area contributed by atoms with Gasteiger partial charge in [0.15, 0.2) is 0 Å². The summed E-state index contributed by atoms with van der Waals surface area (Å²) in [4.78, 5) is 18.1. The number of primary amides is 1. The van der Waals surface area contributed by atoms with Crippen LogP contribution in [0.25, 0.3) is 10.9 Å². The average molecular weight is 350 g/mol. The molecule has 3 aromatic rings. The molecule has 1 unspecified atom stereocenters. The molecule has 0 aliphatic carbocycles. The van der Waals surface area contributed by atoms with E-state index >= 15 is 0 Å². The number of carbonyl (C=O) groups excluding carboxylic acids is 1. The van der Waals surface area contributed by atoms with E-state index in [1.807, 2.05) is 35.0 Å². The first-order valence-corrected chi connectivity index (χ1v) is 9.06. The summed E-state index contributed by atoms with van der Waals surface area (Å²) in [6.45, 7) is 6.32. The third-order valence-corrected chi connectivity index (χ3v) is 4.89. The summed E-state index contributed by atoms with van der Waals surface area (Å²) in [5, 5.41) is 1.17. The molecule has 0 aliphatic heterocycles. The van der Waals surface area contributed by atoms with Crippen LogP contribution in [0.5, 0.6) is 0 Å². The quantitative estimate of drug-likeness (QED) is 0.678. The minimum Gasteiger partial charge on any atom is -0.368 e. The molecule has 0 fully saturated rings. The zero-order valence-corrected chi connectivity index (χ0v) is 15.4. The van der Waals surface area contributed by atoms with Crippen LogP contribution in [0.2, 0.25) is 0 Å². The molecule has 3 rings (SSSR count). The topological polar surface area (TPSA) is 64.2 Å². The number of aromatic nitrogens is 2. The number of rotatable bonds is 8. The molecule has 0 radical (unpaired) electrons. The van der Waals surface area contributed by atoms with Gasteiger partial charge in [0.2, 0.25) is 5.91 Å². The van der Waals surface area contributed by atoms with Crippen LogP contribution in [-0.2, 0) is 24.4 Å². The lowest BCUT2D eigenvalue weighted by molar-refractivity contribution is -0.118. The molecular formula is C21H26N4O. The van der Waals surface area contributed by atoms with E-state index < -0.39 is 0 Å². The van der Waals surface area contributed by atoms with E-state index in [9.17, 15) is 4.79 Å². The summed E-state index contributed by atoms with van der Waals surface area (Å²) < 4.78 is 1.95. The second kappa shape index (κ2) is 8.15. The molecular weight excluding hydrogens is 324 g/mol. The van der Waals surface area contributed by atoms with Crippen molar-refractivity contribution in [3.63, 3.8) is 0 Å². The van der Waals surface area contributed by atoms with Gasteiger partial charge in [-0.1, -0.05) is 31.2 Å². The van der Waals surface area contributed by atoms with E-state index in [-0.39, 0.29) is 12.5 Å². The Morgan fingerprint density at radius 3 is 2.73 bits per heavy atom. The summed E-state index contributed by atoms with van der Waals surface area (Å²) in [6.07, 6.45) is 6.86. The highest BCUT2D eigenvalue weighted by Gasteiger charge is 2.17. The van der Waals surface area contributed by atoms with Crippen molar-refractivity contribution in [3.8, 4) is 0 Å². The smallest absolute Gasteiger partial charge is 0.237 e. The predicted molar refractivity (Wildman–Crippen MR) is 104 cm³/mol. The van der Waals surface area contributed by atoms with Gasteiger partial charge in [0.25, 0.3) is 0 Å². The maximum atomic E-state index is 11.4. The Balaban J connectivity index is 1.92. The predicted octanol–water partition coefficient (Wildman–Crippen LogP) is 3.32. The number of nitrogens with two attached hydrogens (primary N) is 1. The normalized spacial score (nSPS) is 12.6. The fourth-order valence-electron chi connectivity index (χ4n) is 3.32. The largest absolute Gasteiger partial charge is 0.368 e. The Labute approximate surface area is 154 Å². The van der Waals surface area contributed by atoms with Gasteiger partial charge in [-0.15, -0.1) is 0 Å². The molecule has 1 aromatic carbocycles. The molecule has 2 heterocycles. The second-order valence-electron chi connectivity index (χ2n) is 6.79. The van der Waals surface area contributed by atoms with Crippen LogP contribution >= 0.6 is 0 Å². The summed E-state index contributed by atoms with van der Waals surface area (Å²) in [7, 11) is 0. The molecule has 1 amide bonds. The van der Waals surface area contributed by atoms with Crippen molar-refractivity contribution in [3.05, 3.63) is 66.1 Å². The van der Waals surface area contributed by atoms with Crippen molar-refractivity contribution in [2.75, 3.05) is 0 Å². The molecule has 1 atom stereocenters. The molecule has 0 bridgehead atoms. The first-order chi connectivity index (χ1) is 12.6. The second-order valence-corrected chi connectivity index (χ2v) is 6.79. The number of hydrogen-bond acceptors (Lipinski definition) is 3. The number of pyridine rings is 1. The zero-order chi connectivity index (χ0) is 18.5. The van der Waals surface area contributed by atoms with Gasteiger partial charge in [0, 0.05) is 48.6 Å². The van der Waals surface area contributed by atoms with E-state index in [1.165, 1.54) is 16.5 Å². The average Bonchev–Trinajstić information content (AvgIpc) is 2.98. The van der Waals surface area contributed by atoms with Crippen LogP contribution < -0.4 is 5.73 Å². The van der Waals surface area contributed by atoms with E-state index in [4.69, 9.17) is 5.73 Å². The highest BCUT2D eigenvalue weighted by molar-refractivity contribution is 5.85. The lowest BCUT2D eigenvalue weighted by Crippen LogP contribution is -2.31. The Bertz CT molecular complexity index is 872. The molecule has 0 saturated heterocycles. The fourth-order valence-corrected chi connectivity index (χ4v) is 3.32. The third-order valence-electron chi connectivity index (χ3n) is 4.89. The number of para-hydroxylation sites is 1. The van der Waals surface area contributed by atoms with Gasteiger partial charge < -0.3 is 10.3 Å². The van der Waals surface area contributed by atoms with Crippen molar-refractivity contribution in [2.24, 2.45) is 5.73 Å². The van der Waals surface area contributed by atoms with Crippen molar-refractivity contribution >= 4 is 16.8 Å². The van der Waals surface area contributed by atoms with Crippen molar-refractivity contribution in [1.82, 2.24) is 14.5 Å². The molecule has 2 N–H and O–H groups in total. The van der Waals surface area contributed by atoms with Crippen LogP contribution in [0.4, 0.5) is 0 Å². The first-order valence-electron chi connectivity index (χ1n) is 9.06. The van der Waals surface area contributed by atoms with Crippen LogP contribution in [0.3, 0.4) is 0 Å². The van der Waals surface area contributed by atoms with Gasteiger partial charge in [-0.3, -0.25) is 14.7 Å². The minimum atomic E-state index is -0.327. The SMILES string of the molecule is CCC(C)N(Cc1cccnc1)Cc1cn(CC(N)=O)c2ccccc12. The maximum absolute atomic E-state index is 11.4. The van der Waals surface area contributed by atoms with E-state index in [0.29, 0.717) is 6.04 Å². The number of benzene rings is 1. The number of nitrogens with zero attached hydrogens (tertiary/aromatic N) is 3. The van der Waals surface area contributed by atoms with Gasteiger partial charge in [0.1, 0.15) is 6.54 Å². The maximum Gasteiger partial charge on any atom is 0.237 e. The van der Waals surface area contributed by atoms with Crippen molar-refractivity contribution in [1.29, 1.82) is 0 Å². The Kier molecular flexibility index (Phi) is 5.68. The summed E-state index contributed by atoms with van der Waals surface area (Å²) in [5.41, 5.74) is 8.89. The van der Waals surface area contributed by atoms with Crippen LogP contribution in [-0.4, -0.2) is 26.4 Å². The van der Waals surface area contributed by atoms with Crippen LogP contribution in [0, 0.1) is 0 Å². The first kappa shape index (κ1) is 18.1. The van der Waals surface area contributed by atoms with Gasteiger partial charge in [-0.2, -0.15) is 0 Å². The molecule has 0 spiro atoms. The van der Waals surface area contributed by atoms with E-state index in [2.05, 4.69) is 42.1 Å². The van der Waals surface area contributed by atoms with Crippen LogP contribution in [0.15, 0.2) is 55.0 Å². The monoisotopic (exact) mass is 350 g/mol. The van der Waals surface area contributed by atoms with Crippen molar-refractivity contribution in [2.45, 2.75) is 45.9 Å². The number of amides is 1. The standard InChI is InChI=1S/C21H26N4O/c1-3-16(2)24(12-17-7-6-10-23-11-17)13-18-14-25(15-21(22)26)20-9-5-4-8-19(18)20/h4-11,14,16H,3,12-13,15H2,1-2H3,(H2,22,26). The summed E-state index contributed by atoms with van der Waals surface area (Å²) >= 11 is 0. The number of fused-ring (bicyclic) bond motifs is 1. The Morgan fingerprint density at radius 2 is 2.04 bits per heavy atom. The highest BCUT2D eigenvalue weighted by atomic mass is 16.1. The van der Waals surface area contributed by atoms with Gasteiger partial charge >= 0.3 is 0 Å². The van der Waals surface area contributed by atoms with Crippen LogP contribution in [0.1, 0.15) is 31.4 Å². The number of carbonyl (C=O) groups is 1. The van der Waals surface area contributed by atoms with Gasteiger partial charge in [0.05, 0.1) is 0 Å². The molecule has 0 saturated carbocycles. The lowest BCUT2D eigenvalue weighted by atomic mass is 10.1. The van der Waals surface area contributed by atoms with E-state index in [1.54, 1.807) is 6.20 Å². The zero-order valence-electron chi connectivity index (χ0n) is 15.4. The highest BCUT2D eigenvalue weighted by Crippen LogP contribution is 2.24. The van der Waals surface area contributed by atoms with Gasteiger partial charge in [-0.05, 0) is 36.6 Å². The molecule has 5 nitrogen and oxygen atoms in total. The molecule has 0 aliphatic rings. The molecule has 26 heavy (non-hydrogen) atoms. The lowest BCUT2D eigenvalue weighted by Gasteiger charge is -2.28. The summed E-state index contributed by atoms with van der Waals surface area (Å²) in [5.74, 6) is -0.327. The van der Waals surface area contributed by atoms with Gasteiger partial charge in [-0.25, -0.2) is 0 Å². The molecule has 2 aromatic heterocycles. The summed E-state index contributed by atoms with van der Waals surface area (Å²) in [6, 6.07) is 12.7.